The van der Waals surface area contributed by atoms with Crippen LogP contribution in [0.2, 0.25) is 0 Å². The van der Waals surface area contributed by atoms with Gasteiger partial charge in [-0.3, -0.25) is 9.78 Å². The Labute approximate surface area is 108 Å². The SMILES string of the molecule is O=C1CC(c2cncc(F)c2)Oc2ccc(O)cc21. The molecule has 19 heavy (non-hydrogen) atoms. The lowest BCUT2D eigenvalue weighted by Crippen LogP contribution is -2.20. The Morgan fingerprint density at radius 2 is 2.16 bits per heavy atom. The van der Waals surface area contributed by atoms with E-state index >= 15 is 0 Å². The number of ketones is 1. The summed E-state index contributed by atoms with van der Waals surface area (Å²) in [5.41, 5.74) is 0.868. The van der Waals surface area contributed by atoms with E-state index in [1.807, 2.05) is 0 Å². The molecule has 0 saturated carbocycles. The lowest BCUT2D eigenvalue weighted by atomic mass is 9.97. The molecule has 0 fully saturated rings. The Kier molecular flexibility index (Phi) is 2.67. The fourth-order valence-corrected chi connectivity index (χ4v) is 2.10. The molecule has 5 heteroatoms. The number of hydrogen-bond acceptors (Lipinski definition) is 4. The van der Waals surface area contributed by atoms with E-state index in [1.165, 1.54) is 30.5 Å². The molecule has 1 atom stereocenters. The Balaban J connectivity index is 1.97. The summed E-state index contributed by atoms with van der Waals surface area (Å²) in [5, 5.41) is 9.36. The number of phenols is 1. The highest BCUT2D eigenvalue weighted by molar-refractivity contribution is 6.00. The van der Waals surface area contributed by atoms with Crippen LogP contribution in [0.1, 0.15) is 28.4 Å². The Morgan fingerprint density at radius 1 is 1.32 bits per heavy atom. The predicted molar refractivity (Wildman–Crippen MR) is 64.6 cm³/mol. The molecule has 1 aliphatic rings. The van der Waals surface area contributed by atoms with Crippen LogP contribution in [0.25, 0.3) is 0 Å². The number of benzene rings is 1. The molecule has 3 rings (SSSR count). The molecule has 0 aliphatic carbocycles. The molecule has 1 N–H and O–H groups in total. The third-order valence-electron chi connectivity index (χ3n) is 3.00. The first kappa shape index (κ1) is 11.6. The minimum absolute atomic E-state index is 0.0153. The molecule has 0 bridgehead atoms. The molecule has 2 heterocycles. The van der Waals surface area contributed by atoms with Crippen LogP contribution in [0, 0.1) is 5.82 Å². The second-order valence-electron chi connectivity index (χ2n) is 4.35. The summed E-state index contributed by atoms with van der Waals surface area (Å²) in [5.74, 6) is -0.207. The summed E-state index contributed by atoms with van der Waals surface area (Å²) >= 11 is 0. The summed E-state index contributed by atoms with van der Waals surface area (Å²) in [4.78, 5) is 15.7. The van der Waals surface area contributed by atoms with Crippen LogP contribution in [0.3, 0.4) is 0 Å². The molecular formula is C14H10FNO3. The fraction of sp³-hybridized carbons (Fsp3) is 0.143. The normalized spacial score (nSPS) is 17.7. The van der Waals surface area contributed by atoms with Crippen molar-refractivity contribution >= 4 is 5.78 Å². The van der Waals surface area contributed by atoms with E-state index in [1.54, 1.807) is 0 Å². The van der Waals surface area contributed by atoms with Crippen molar-refractivity contribution in [2.75, 3.05) is 0 Å². The van der Waals surface area contributed by atoms with Crippen LogP contribution in [0.4, 0.5) is 4.39 Å². The number of carbonyl (C=O) groups is 1. The highest BCUT2D eigenvalue weighted by Gasteiger charge is 2.28. The van der Waals surface area contributed by atoms with Crippen LogP contribution in [0.5, 0.6) is 11.5 Å². The molecular weight excluding hydrogens is 249 g/mol. The molecule has 2 aromatic rings. The monoisotopic (exact) mass is 259 g/mol. The van der Waals surface area contributed by atoms with Crippen molar-refractivity contribution in [1.82, 2.24) is 4.98 Å². The fourth-order valence-electron chi connectivity index (χ4n) is 2.10. The number of hydrogen-bond donors (Lipinski definition) is 1. The molecule has 4 nitrogen and oxygen atoms in total. The third-order valence-corrected chi connectivity index (χ3v) is 3.00. The summed E-state index contributed by atoms with van der Waals surface area (Å²) < 4.78 is 18.8. The number of aromatic hydroxyl groups is 1. The number of Topliss-reactive ketones (excluding diaryl/α,β-unsaturated/α-hetero) is 1. The lowest BCUT2D eigenvalue weighted by Gasteiger charge is -2.25. The van der Waals surface area contributed by atoms with Crippen molar-refractivity contribution in [3.05, 3.63) is 53.6 Å². The number of ether oxygens (including phenoxy) is 1. The first-order valence-electron chi connectivity index (χ1n) is 5.77. The molecule has 0 amide bonds. The Bertz CT molecular complexity index is 657. The van der Waals surface area contributed by atoms with Gasteiger partial charge in [-0.05, 0) is 24.3 Å². The van der Waals surface area contributed by atoms with Gasteiger partial charge in [-0.15, -0.1) is 0 Å². The topological polar surface area (TPSA) is 59.4 Å². The second kappa shape index (κ2) is 4.35. The zero-order chi connectivity index (χ0) is 13.4. The maximum absolute atomic E-state index is 13.1. The average molecular weight is 259 g/mol. The predicted octanol–water partition coefficient (Wildman–Crippen LogP) is 2.63. The van der Waals surface area contributed by atoms with Crippen molar-refractivity contribution in [1.29, 1.82) is 0 Å². The quantitative estimate of drug-likeness (QED) is 0.855. The van der Waals surface area contributed by atoms with Crippen molar-refractivity contribution in [3.8, 4) is 11.5 Å². The zero-order valence-electron chi connectivity index (χ0n) is 9.84. The van der Waals surface area contributed by atoms with Gasteiger partial charge < -0.3 is 9.84 Å². The van der Waals surface area contributed by atoms with Gasteiger partial charge in [-0.25, -0.2) is 4.39 Å². The Morgan fingerprint density at radius 3 is 2.95 bits per heavy atom. The maximum atomic E-state index is 13.1. The van der Waals surface area contributed by atoms with Gasteiger partial charge >= 0.3 is 0 Å². The summed E-state index contributed by atoms with van der Waals surface area (Å²) in [6, 6.07) is 5.65. The van der Waals surface area contributed by atoms with Gasteiger partial charge in [0.15, 0.2) is 5.78 Å². The molecule has 0 spiro atoms. The minimum Gasteiger partial charge on any atom is -0.508 e. The third kappa shape index (κ3) is 2.14. The minimum atomic E-state index is -0.548. The number of rotatable bonds is 1. The van der Waals surface area contributed by atoms with Crippen molar-refractivity contribution in [2.45, 2.75) is 12.5 Å². The van der Waals surface area contributed by atoms with Gasteiger partial charge in [0.1, 0.15) is 23.4 Å². The molecule has 1 aliphatic heterocycles. The van der Waals surface area contributed by atoms with Gasteiger partial charge in [0.25, 0.3) is 0 Å². The number of halogens is 1. The molecule has 0 radical (unpaired) electrons. The first-order valence-corrected chi connectivity index (χ1v) is 5.77. The van der Waals surface area contributed by atoms with E-state index in [-0.39, 0.29) is 18.0 Å². The highest BCUT2D eigenvalue weighted by atomic mass is 19.1. The summed E-state index contributed by atoms with van der Waals surface area (Å²) in [7, 11) is 0. The molecule has 1 unspecified atom stereocenters. The van der Waals surface area contributed by atoms with Crippen LogP contribution in [-0.4, -0.2) is 15.9 Å². The number of nitrogens with zero attached hydrogens (tertiary/aromatic N) is 1. The number of pyridine rings is 1. The standard InChI is InChI=1S/C14H10FNO3/c15-9-3-8(6-16-7-9)14-5-12(18)11-4-10(17)1-2-13(11)19-14/h1-4,6-7,14,17H,5H2. The van der Waals surface area contributed by atoms with E-state index in [0.29, 0.717) is 16.9 Å². The van der Waals surface area contributed by atoms with E-state index in [2.05, 4.69) is 4.98 Å². The summed E-state index contributed by atoms with van der Waals surface area (Å²) in [6.07, 6.45) is 2.13. The van der Waals surface area contributed by atoms with Gasteiger partial charge in [0, 0.05) is 11.8 Å². The smallest absolute Gasteiger partial charge is 0.170 e. The molecule has 96 valence electrons. The molecule has 1 aromatic carbocycles. The van der Waals surface area contributed by atoms with Gasteiger partial charge in [0.05, 0.1) is 18.2 Å². The number of fused-ring (bicyclic) bond motifs is 1. The van der Waals surface area contributed by atoms with Gasteiger partial charge in [-0.1, -0.05) is 0 Å². The summed E-state index contributed by atoms with van der Waals surface area (Å²) in [6.45, 7) is 0. The zero-order valence-corrected chi connectivity index (χ0v) is 9.84. The highest BCUT2D eigenvalue weighted by Crippen LogP contribution is 2.36. The van der Waals surface area contributed by atoms with E-state index in [0.717, 1.165) is 6.20 Å². The maximum Gasteiger partial charge on any atom is 0.170 e. The van der Waals surface area contributed by atoms with E-state index in [9.17, 15) is 14.3 Å². The van der Waals surface area contributed by atoms with Crippen molar-refractivity contribution < 1.29 is 19.0 Å². The van der Waals surface area contributed by atoms with Crippen molar-refractivity contribution in [3.63, 3.8) is 0 Å². The number of carbonyl (C=O) groups excluding carboxylic acids is 1. The van der Waals surface area contributed by atoms with Crippen LogP contribution >= 0.6 is 0 Å². The first-order chi connectivity index (χ1) is 9.13. The van der Waals surface area contributed by atoms with Crippen molar-refractivity contribution in [2.24, 2.45) is 0 Å². The number of aromatic nitrogens is 1. The second-order valence-corrected chi connectivity index (χ2v) is 4.35. The van der Waals surface area contributed by atoms with Crippen LogP contribution in [0.15, 0.2) is 36.7 Å². The number of phenolic OH excluding ortho intramolecular Hbond substituents is 1. The largest absolute Gasteiger partial charge is 0.508 e. The molecule has 0 saturated heterocycles. The Hall–Kier alpha value is -2.43. The molecule has 1 aromatic heterocycles. The lowest BCUT2D eigenvalue weighted by molar-refractivity contribution is 0.0848. The van der Waals surface area contributed by atoms with E-state index in [4.69, 9.17) is 4.74 Å². The van der Waals surface area contributed by atoms with Gasteiger partial charge in [-0.2, -0.15) is 0 Å². The average Bonchev–Trinajstić information content (AvgIpc) is 2.39. The van der Waals surface area contributed by atoms with Crippen LogP contribution < -0.4 is 4.74 Å². The van der Waals surface area contributed by atoms with Crippen LogP contribution in [-0.2, 0) is 0 Å². The van der Waals surface area contributed by atoms with Gasteiger partial charge in [0.2, 0.25) is 0 Å². The van der Waals surface area contributed by atoms with E-state index < -0.39 is 11.9 Å².